The third kappa shape index (κ3) is 21.6. The average molecular weight is 1230 g/mol. The zero-order chi connectivity index (χ0) is 61.5. The third-order valence-corrected chi connectivity index (χ3v) is 23.1. The van der Waals surface area contributed by atoms with E-state index >= 15 is 0 Å². The van der Waals surface area contributed by atoms with Crippen molar-refractivity contribution in [3.05, 3.63) is 133 Å². The summed E-state index contributed by atoms with van der Waals surface area (Å²) >= 11 is 7.94. The number of sulfone groups is 2. The van der Waals surface area contributed by atoms with Gasteiger partial charge in [-0.15, -0.1) is 36.2 Å². The average Bonchev–Trinajstić information content (AvgIpc) is 2.95. The molecule has 0 aromatic heterocycles. The number of nitrogens with one attached hydrogen (secondary N) is 2. The maximum absolute atomic E-state index is 12.7. The van der Waals surface area contributed by atoms with Gasteiger partial charge in [0, 0.05) is 52.6 Å². The molecule has 5 aromatic rings. The molecule has 0 heterocycles. The molecule has 13 nitrogen and oxygen atoms in total. The highest BCUT2D eigenvalue weighted by atomic mass is 32.2. The van der Waals surface area contributed by atoms with Crippen molar-refractivity contribution in [2.75, 3.05) is 27.8 Å². The Morgan fingerprint density at radius 1 is 0.506 bits per heavy atom. The van der Waals surface area contributed by atoms with Crippen molar-refractivity contribution in [3.8, 4) is 0 Å². The topological polar surface area (TPSA) is 223 Å². The molecule has 0 saturated heterocycles. The minimum absolute atomic E-state index is 0.239. The van der Waals surface area contributed by atoms with Gasteiger partial charge in [-0.25, -0.2) is 26.4 Å². The van der Waals surface area contributed by atoms with E-state index < -0.39 is 52.6 Å². The van der Waals surface area contributed by atoms with Crippen LogP contribution in [0, 0.1) is 0 Å². The lowest BCUT2D eigenvalue weighted by Gasteiger charge is -2.37. The van der Waals surface area contributed by atoms with E-state index in [4.69, 9.17) is 26.7 Å². The van der Waals surface area contributed by atoms with Gasteiger partial charge in [-0.3, -0.25) is 10.6 Å². The minimum atomic E-state index is -3.39. The maximum Gasteiger partial charge on any atom is 0.412 e. The highest BCUT2D eigenvalue weighted by Gasteiger charge is 2.46. The van der Waals surface area contributed by atoms with Gasteiger partial charge < -0.3 is 26.7 Å². The van der Waals surface area contributed by atoms with E-state index in [1.54, 1.807) is 70.2 Å². The fourth-order valence-electron chi connectivity index (χ4n) is 9.01. The van der Waals surface area contributed by atoms with Crippen LogP contribution in [0.15, 0.2) is 158 Å². The smallest absolute Gasteiger partial charge is 0.412 e. The molecule has 0 aliphatic heterocycles. The van der Waals surface area contributed by atoms with Crippen LogP contribution in [0.5, 0.6) is 0 Å². The SMILES string of the molecule is C=C1CCC1.CC(C)(C)OC(=O)Nc1cccc(S(=O)(=O)C2(C)CCC2)c1.CC(C)(C)OC(=O)Nc1cccc(SC2(C)CCC2)c1.CC1(S(=O)(=O)c2cccc(N)c2)CCC1.CC1(Sc2cccc(N)c2)CCC1.Nc1cccc(S)c1. The van der Waals surface area contributed by atoms with Crippen LogP contribution in [0.2, 0.25) is 0 Å². The molecule has 0 spiro atoms. The van der Waals surface area contributed by atoms with Crippen LogP contribution in [0.4, 0.5) is 38.0 Å². The summed E-state index contributed by atoms with van der Waals surface area (Å²) < 4.78 is 59.8. The van der Waals surface area contributed by atoms with Gasteiger partial charge in [0.2, 0.25) is 0 Å². The van der Waals surface area contributed by atoms with Gasteiger partial charge in [-0.1, -0.05) is 82.0 Å². The lowest BCUT2D eigenvalue weighted by atomic mass is 9.86. The third-order valence-electron chi connectivity index (χ3n) is 14.9. The van der Waals surface area contributed by atoms with Gasteiger partial charge in [0.05, 0.1) is 19.3 Å². The Balaban J connectivity index is 0.000000191. The van der Waals surface area contributed by atoms with E-state index in [2.05, 4.69) is 61.9 Å². The van der Waals surface area contributed by atoms with Gasteiger partial charge in [0.25, 0.3) is 0 Å². The first kappa shape index (κ1) is 68.5. The summed E-state index contributed by atoms with van der Waals surface area (Å²) in [5.41, 5.74) is 20.4. The van der Waals surface area contributed by atoms with Crippen LogP contribution in [0.1, 0.15) is 166 Å². The monoisotopic (exact) mass is 1230 g/mol. The molecule has 5 fully saturated rings. The van der Waals surface area contributed by atoms with Crippen LogP contribution in [-0.2, 0) is 29.1 Å². The Morgan fingerprint density at radius 3 is 1.18 bits per heavy atom. The van der Waals surface area contributed by atoms with Gasteiger partial charge in [-0.05, 0) is 217 Å². The van der Waals surface area contributed by atoms with Crippen molar-refractivity contribution in [3.63, 3.8) is 0 Å². The maximum atomic E-state index is 12.7. The van der Waals surface area contributed by atoms with E-state index in [0.29, 0.717) is 38.6 Å². The van der Waals surface area contributed by atoms with Gasteiger partial charge in [0.15, 0.2) is 19.7 Å². The molecule has 5 saturated carbocycles. The Hall–Kier alpha value is -5.27. The number of ether oxygens (including phenoxy) is 2. The lowest BCUT2D eigenvalue weighted by molar-refractivity contribution is 0.0624. The Labute approximate surface area is 510 Å². The largest absolute Gasteiger partial charge is 0.444 e. The Bertz CT molecular complexity index is 3190. The fraction of sp³-hybridized carbons (Fsp3) is 0.477. The molecule has 454 valence electrons. The highest BCUT2D eigenvalue weighted by molar-refractivity contribution is 8.01. The fourth-order valence-corrected chi connectivity index (χ4v) is 15.9. The Kier molecular flexibility index (Phi) is 24.1. The summed E-state index contributed by atoms with van der Waals surface area (Å²) in [6, 6.07) is 36.4. The molecule has 5 aromatic carbocycles. The number of anilines is 5. The van der Waals surface area contributed by atoms with Crippen molar-refractivity contribution in [2.45, 2.75) is 220 Å². The van der Waals surface area contributed by atoms with Gasteiger partial charge >= 0.3 is 12.2 Å². The van der Waals surface area contributed by atoms with Crippen molar-refractivity contribution >= 4 is 96.5 Å². The van der Waals surface area contributed by atoms with E-state index in [1.165, 1.54) is 79.2 Å². The lowest BCUT2D eigenvalue weighted by Crippen LogP contribution is -2.42. The summed E-state index contributed by atoms with van der Waals surface area (Å²) in [6.07, 6.45) is 15.7. The number of amides is 2. The zero-order valence-electron chi connectivity index (χ0n) is 50.4. The van der Waals surface area contributed by atoms with Crippen LogP contribution in [-0.4, -0.2) is 59.2 Å². The molecule has 0 bridgehead atoms. The van der Waals surface area contributed by atoms with Gasteiger partial charge in [0.1, 0.15) is 11.2 Å². The molecule has 83 heavy (non-hydrogen) atoms. The number of nitrogen functional groups attached to an aromatic ring is 3. The van der Waals surface area contributed by atoms with E-state index in [1.807, 2.05) is 106 Å². The molecule has 5 aliphatic carbocycles. The summed E-state index contributed by atoms with van der Waals surface area (Å²) in [7, 11) is -6.59. The summed E-state index contributed by atoms with van der Waals surface area (Å²) in [6.45, 7) is 22.9. The minimum Gasteiger partial charge on any atom is -0.444 e. The molecule has 5 aliphatic rings. The first-order chi connectivity index (χ1) is 38.6. The van der Waals surface area contributed by atoms with Crippen molar-refractivity contribution in [1.82, 2.24) is 0 Å². The second kappa shape index (κ2) is 29.2. The molecule has 8 N–H and O–H groups in total. The van der Waals surface area contributed by atoms with Crippen molar-refractivity contribution in [1.29, 1.82) is 0 Å². The number of nitrogens with two attached hydrogens (primary N) is 3. The molecule has 18 heteroatoms. The molecule has 10 rings (SSSR count). The molecular weight excluding hydrogens is 1140 g/mol. The van der Waals surface area contributed by atoms with Crippen LogP contribution < -0.4 is 27.8 Å². The summed E-state index contributed by atoms with van der Waals surface area (Å²) in [4.78, 5) is 27.5. The van der Waals surface area contributed by atoms with Gasteiger partial charge in [-0.2, -0.15) is 0 Å². The second-order valence-electron chi connectivity index (χ2n) is 25.1. The highest BCUT2D eigenvalue weighted by Crippen LogP contribution is 2.49. The zero-order valence-corrected chi connectivity index (χ0v) is 54.6. The number of carbonyl (C=O) groups excluding carboxylic acids is 2. The first-order valence-corrected chi connectivity index (χ1v) is 33.7. The predicted molar refractivity (Wildman–Crippen MR) is 351 cm³/mol. The van der Waals surface area contributed by atoms with E-state index in [0.717, 1.165) is 47.6 Å². The van der Waals surface area contributed by atoms with Crippen LogP contribution >= 0.6 is 36.2 Å². The van der Waals surface area contributed by atoms with E-state index in [-0.39, 0.29) is 4.90 Å². The van der Waals surface area contributed by atoms with Crippen molar-refractivity contribution < 1.29 is 35.9 Å². The van der Waals surface area contributed by atoms with E-state index in [9.17, 15) is 26.4 Å². The van der Waals surface area contributed by atoms with Crippen molar-refractivity contribution in [2.24, 2.45) is 0 Å². The molecule has 0 atom stereocenters. The normalized spacial score (nSPS) is 17.6. The van der Waals surface area contributed by atoms with Crippen LogP contribution in [0.25, 0.3) is 0 Å². The number of hydrogen-bond donors (Lipinski definition) is 6. The number of thiol groups is 1. The first-order valence-electron chi connectivity index (χ1n) is 28.6. The quantitative estimate of drug-likeness (QED) is 0.0436. The predicted octanol–water partition coefficient (Wildman–Crippen LogP) is 17.4. The summed E-state index contributed by atoms with van der Waals surface area (Å²) in [5, 5.41) is 5.36. The molecular formula is C65H91N5O8S5. The standard InChI is InChI=1S/C16H23NO4S.C16H23NO2S.C11H15NO2S.C11H15NS.C6H7NS.C5H8/c1-15(2,3)21-14(18)17-12-7-5-8-13(11-12)22(19,20)16(4)9-6-10-16;1-15(2,3)19-14(18)17-12-7-5-8-13(11-12)20-16(4)9-6-10-16;1-11(6-3-7-11)15(13,14)10-5-2-4-9(12)8-10;1-11(6-3-7-11)13-10-5-2-4-9(12)8-10;7-5-2-1-3-6(8)4-5;1-5-3-2-4-5/h5,7-8,11H,6,9-10H2,1-4H3,(H,17,18);5,7-8,11H,6,9-10H2,1-4H3,(H,17,18);2,4-5,8H,3,6-7,12H2,1H3;2,4-5,8H,3,6-7,12H2,1H3;1-4,8H,7H2;1-4H2. The molecule has 0 radical (unpaired) electrons. The number of thioether (sulfide) groups is 2. The molecule has 2 amide bonds. The number of rotatable bonds is 10. The Morgan fingerprint density at radius 2 is 0.855 bits per heavy atom. The number of allylic oxidation sites excluding steroid dienone is 1. The number of carbonyl (C=O) groups is 2. The molecule has 0 unspecified atom stereocenters. The van der Waals surface area contributed by atoms with Crippen LogP contribution in [0.3, 0.4) is 0 Å². The number of benzene rings is 5. The second-order valence-corrected chi connectivity index (χ2v) is 33.8. The summed E-state index contributed by atoms with van der Waals surface area (Å²) in [5.74, 6) is 0. The number of hydrogen-bond acceptors (Lipinski definition) is 14.